The summed E-state index contributed by atoms with van der Waals surface area (Å²) >= 11 is 0. The molecular weight excluding hydrogens is 249 g/mol. The van der Waals surface area contributed by atoms with Gasteiger partial charge in [0.25, 0.3) is 0 Å². The van der Waals surface area contributed by atoms with Gasteiger partial charge in [0.1, 0.15) is 5.82 Å². The highest BCUT2D eigenvalue weighted by molar-refractivity contribution is 5.86. The van der Waals surface area contributed by atoms with Crippen molar-refractivity contribution in [3.63, 3.8) is 0 Å². The first kappa shape index (κ1) is 12.8. The normalized spacial score (nSPS) is 12.5. The standard InChI is InChI=1S/C18H16FN/c19-17-11-10-16(14-8-4-5-9-15(14)17)18(20)12-13-6-2-1-3-7-13/h1-11,18H,12,20H2. The zero-order chi connectivity index (χ0) is 13.9. The van der Waals surface area contributed by atoms with Crippen molar-refractivity contribution in [1.29, 1.82) is 0 Å². The first-order chi connectivity index (χ1) is 9.75. The second-order valence-electron chi connectivity index (χ2n) is 4.98. The van der Waals surface area contributed by atoms with Crippen molar-refractivity contribution in [2.45, 2.75) is 12.5 Å². The second kappa shape index (κ2) is 5.43. The molecule has 0 amide bonds. The molecule has 3 aromatic carbocycles. The molecule has 20 heavy (non-hydrogen) atoms. The van der Waals surface area contributed by atoms with E-state index in [4.69, 9.17) is 5.73 Å². The van der Waals surface area contributed by atoms with Crippen LogP contribution in [0.3, 0.4) is 0 Å². The van der Waals surface area contributed by atoms with Crippen LogP contribution in [-0.4, -0.2) is 0 Å². The van der Waals surface area contributed by atoms with Crippen LogP contribution in [0.1, 0.15) is 17.2 Å². The Hall–Kier alpha value is -2.19. The Morgan fingerprint density at radius 3 is 2.20 bits per heavy atom. The predicted molar refractivity (Wildman–Crippen MR) is 81.0 cm³/mol. The largest absolute Gasteiger partial charge is 0.324 e. The molecule has 100 valence electrons. The zero-order valence-electron chi connectivity index (χ0n) is 11.1. The molecule has 3 rings (SSSR count). The summed E-state index contributed by atoms with van der Waals surface area (Å²) < 4.78 is 13.8. The minimum absolute atomic E-state index is 0.136. The van der Waals surface area contributed by atoms with E-state index in [0.717, 1.165) is 17.4 Å². The number of benzene rings is 3. The molecule has 3 aromatic rings. The van der Waals surface area contributed by atoms with E-state index in [1.165, 1.54) is 11.6 Å². The summed E-state index contributed by atoms with van der Waals surface area (Å²) in [6, 6.07) is 20.8. The molecule has 2 N–H and O–H groups in total. The van der Waals surface area contributed by atoms with E-state index in [0.29, 0.717) is 5.39 Å². The van der Waals surface area contributed by atoms with Gasteiger partial charge >= 0.3 is 0 Å². The third-order valence-electron chi connectivity index (χ3n) is 3.60. The quantitative estimate of drug-likeness (QED) is 0.753. The topological polar surface area (TPSA) is 26.0 Å². The highest BCUT2D eigenvalue weighted by Gasteiger charge is 2.12. The smallest absolute Gasteiger partial charge is 0.131 e. The molecule has 1 unspecified atom stereocenters. The SMILES string of the molecule is NC(Cc1ccccc1)c1ccc(F)c2ccccc12. The van der Waals surface area contributed by atoms with E-state index in [1.54, 1.807) is 12.1 Å². The Balaban J connectivity index is 2.00. The molecule has 0 saturated carbocycles. The number of halogens is 1. The maximum atomic E-state index is 13.8. The van der Waals surface area contributed by atoms with E-state index in [1.807, 2.05) is 36.4 Å². The van der Waals surface area contributed by atoms with E-state index in [-0.39, 0.29) is 11.9 Å². The number of fused-ring (bicyclic) bond motifs is 1. The molecule has 0 aromatic heterocycles. The summed E-state index contributed by atoms with van der Waals surface area (Å²) in [6.45, 7) is 0. The predicted octanol–water partition coefficient (Wildman–Crippen LogP) is 4.22. The fourth-order valence-electron chi connectivity index (χ4n) is 2.59. The Bertz CT molecular complexity index is 722. The van der Waals surface area contributed by atoms with Gasteiger partial charge in [-0.1, -0.05) is 60.7 Å². The average Bonchev–Trinajstić information content (AvgIpc) is 2.49. The number of rotatable bonds is 3. The van der Waals surface area contributed by atoms with Gasteiger partial charge in [-0.2, -0.15) is 0 Å². The molecule has 0 bridgehead atoms. The van der Waals surface area contributed by atoms with Crippen LogP contribution in [0.15, 0.2) is 66.7 Å². The summed E-state index contributed by atoms with van der Waals surface area (Å²) in [7, 11) is 0. The second-order valence-corrected chi connectivity index (χ2v) is 4.98. The lowest BCUT2D eigenvalue weighted by atomic mass is 9.94. The van der Waals surface area contributed by atoms with Crippen LogP contribution in [-0.2, 0) is 6.42 Å². The highest BCUT2D eigenvalue weighted by Crippen LogP contribution is 2.27. The van der Waals surface area contributed by atoms with Gasteiger partial charge in [0.15, 0.2) is 0 Å². The molecule has 0 fully saturated rings. The maximum absolute atomic E-state index is 13.8. The van der Waals surface area contributed by atoms with E-state index in [9.17, 15) is 4.39 Å². The molecular formula is C18H16FN. The summed E-state index contributed by atoms with van der Waals surface area (Å²) in [6.07, 6.45) is 0.746. The van der Waals surface area contributed by atoms with Crippen molar-refractivity contribution in [2.75, 3.05) is 0 Å². The van der Waals surface area contributed by atoms with Crippen molar-refractivity contribution in [1.82, 2.24) is 0 Å². The number of hydrogen-bond acceptors (Lipinski definition) is 1. The van der Waals surface area contributed by atoms with Gasteiger partial charge in [-0.05, 0) is 29.0 Å². The minimum atomic E-state index is -0.198. The van der Waals surface area contributed by atoms with Crippen molar-refractivity contribution in [2.24, 2.45) is 5.73 Å². The molecule has 0 heterocycles. The lowest BCUT2D eigenvalue weighted by Crippen LogP contribution is -2.14. The molecule has 1 nitrogen and oxygen atoms in total. The minimum Gasteiger partial charge on any atom is -0.324 e. The third-order valence-corrected chi connectivity index (χ3v) is 3.60. The Labute approximate surface area is 117 Å². The molecule has 0 radical (unpaired) electrons. The van der Waals surface area contributed by atoms with E-state index >= 15 is 0 Å². The van der Waals surface area contributed by atoms with Crippen molar-refractivity contribution in [3.8, 4) is 0 Å². The number of nitrogens with two attached hydrogens (primary N) is 1. The first-order valence-corrected chi connectivity index (χ1v) is 6.72. The van der Waals surface area contributed by atoms with Crippen molar-refractivity contribution >= 4 is 10.8 Å². The Morgan fingerprint density at radius 1 is 0.800 bits per heavy atom. The van der Waals surface area contributed by atoms with Gasteiger partial charge in [-0.15, -0.1) is 0 Å². The Morgan fingerprint density at radius 2 is 1.45 bits per heavy atom. The van der Waals surface area contributed by atoms with Crippen LogP contribution in [0.4, 0.5) is 4.39 Å². The summed E-state index contributed by atoms with van der Waals surface area (Å²) in [5.74, 6) is -0.198. The van der Waals surface area contributed by atoms with Crippen LogP contribution in [0.25, 0.3) is 10.8 Å². The molecule has 0 spiro atoms. The van der Waals surface area contributed by atoms with Crippen LogP contribution in [0.2, 0.25) is 0 Å². The summed E-state index contributed by atoms with van der Waals surface area (Å²) in [4.78, 5) is 0. The fourth-order valence-corrected chi connectivity index (χ4v) is 2.59. The van der Waals surface area contributed by atoms with Gasteiger partial charge in [0.2, 0.25) is 0 Å². The lowest BCUT2D eigenvalue weighted by molar-refractivity contribution is 0.637. The monoisotopic (exact) mass is 265 g/mol. The van der Waals surface area contributed by atoms with Crippen LogP contribution >= 0.6 is 0 Å². The van der Waals surface area contributed by atoms with Crippen LogP contribution < -0.4 is 5.73 Å². The maximum Gasteiger partial charge on any atom is 0.131 e. The zero-order valence-corrected chi connectivity index (χ0v) is 11.1. The molecule has 0 aliphatic carbocycles. The van der Waals surface area contributed by atoms with Crippen LogP contribution in [0.5, 0.6) is 0 Å². The van der Waals surface area contributed by atoms with E-state index < -0.39 is 0 Å². The molecule has 2 heteroatoms. The summed E-state index contributed by atoms with van der Waals surface area (Å²) in [5, 5.41) is 1.53. The highest BCUT2D eigenvalue weighted by atomic mass is 19.1. The average molecular weight is 265 g/mol. The molecule has 0 aliphatic heterocycles. The fraction of sp³-hybridized carbons (Fsp3) is 0.111. The van der Waals surface area contributed by atoms with Gasteiger partial charge < -0.3 is 5.73 Å². The molecule has 0 saturated heterocycles. The van der Waals surface area contributed by atoms with Crippen molar-refractivity contribution in [3.05, 3.63) is 83.7 Å². The molecule has 0 aliphatic rings. The third kappa shape index (κ3) is 2.43. The van der Waals surface area contributed by atoms with Crippen molar-refractivity contribution < 1.29 is 4.39 Å². The van der Waals surface area contributed by atoms with E-state index in [2.05, 4.69) is 12.1 Å². The summed E-state index contributed by atoms with van der Waals surface area (Å²) in [5.41, 5.74) is 8.50. The van der Waals surface area contributed by atoms with Crippen LogP contribution in [0, 0.1) is 5.82 Å². The Kier molecular flexibility index (Phi) is 3.48. The van der Waals surface area contributed by atoms with Gasteiger partial charge in [0, 0.05) is 11.4 Å². The molecule has 1 atom stereocenters. The van der Waals surface area contributed by atoms with Gasteiger partial charge in [-0.25, -0.2) is 4.39 Å². The lowest BCUT2D eigenvalue weighted by Gasteiger charge is -2.15. The van der Waals surface area contributed by atoms with Gasteiger partial charge in [-0.3, -0.25) is 0 Å². The number of hydrogen-bond donors (Lipinski definition) is 1. The first-order valence-electron chi connectivity index (χ1n) is 6.72. The van der Waals surface area contributed by atoms with Gasteiger partial charge in [0.05, 0.1) is 0 Å².